The predicted molar refractivity (Wildman–Crippen MR) is 91.4 cm³/mol. The highest BCUT2D eigenvalue weighted by Crippen LogP contribution is 2.12. The third-order valence-corrected chi connectivity index (χ3v) is 4.29. The van der Waals surface area contributed by atoms with Gasteiger partial charge in [0.2, 0.25) is 11.8 Å². The van der Waals surface area contributed by atoms with E-state index in [0.29, 0.717) is 25.1 Å². The summed E-state index contributed by atoms with van der Waals surface area (Å²) in [5, 5.41) is 2.57. The Morgan fingerprint density at radius 2 is 1.88 bits per heavy atom. The number of hydrogen-bond donors (Lipinski definition) is 1. The number of amides is 3. The van der Waals surface area contributed by atoms with Crippen molar-refractivity contribution in [1.82, 2.24) is 15.1 Å². The van der Waals surface area contributed by atoms with Gasteiger partial charge in [-0.2, -0.15) is 0 Å². The Morgan fingerprint density at radius 3 is 2.54 bits per heavy atom. The molecule has 1 aliphatic heterocycles. The number of likely N-dealkylation sites (N-methyl/N-ethyl adjacent to an activating group) is 1. The minimum absolute atomic E-state index is 0.0689. The van der Waals surface area contributed by atoms with Gasteiger partial charge in [-0.15, -0.1) is 0 Å². The highest BCUT2D eigenvalue weighted by molar-refractivity contribution is 5.94. The summed E-state index contributed by atoms with van der Waals surface area (Å²) in [7, 11) is 3.32. The van der Waals surface area contributed by atoms with E-state index in [2.05, 4.69) is 5.32 Å². The third kappa shape index (κ3) is 4.81. The first-order chi connectivity index (χ1) is 11.5. The van der Waals surface area contributed by atoms with Gasteiger partial charge < -0.3 is 15.1 Å². The summed E-state index contributed by atoms with van der Waals surface area (Å²) >= 11 is 0. The molecule has 3 amide bonds. The van der Waals surface area contributed by atoms with Gasteiger partial charge in [-0.3, -0.25) is 14.4 Å². The molecule has 1 heterocycles. The number of hydrogen-bond acceptors (Lipinski definition) is 3. The molecule has 0 atom stereocenters. The lowest BCUT2D eigenvalue weighted by molar-refractivity contribution is -0.139. The lowest BCUT2D eigenvalue weighted by atomic mass is 10.1. The summed E-state index contributed by atoms with van der Waals surface area (Å²) in [5.41, 5.74) is 1.53. The Kier molecular flexibility index (Phi) is 6.35. The number of rotatable bonds is 5. The van der Waals surface area contributed by atoms with Crippen LogP contribution in [-0.4, -0.2) is 54.7 Å². The molecule has 0 aliphatic carbocycles. The number of carbonyl (C=O) groups is 3. The van der Waals surface area contributed by atoms with Crippen LogP contribution in [0, 0.1) is 0 Å². The van der Waals surface area contributed by atoms with Gasteiger partial charge in [-0.1, -0.05) is 18.6 Å². The molecule has 0 saturated carbocycles. The summed E-state index contributed by atoms with van der Waals surface area (Å²) in [6.07, 6.45) is 3.46. The fraction of sp³-hybridized carbons (Fsp3) is 0.500. The fourth-order valence-corrected chi connectivity index (χ4v) is 2.76. The molecule has 0 bridgehead atoms. The smallest absolute Gasteiger partial charge is 0.251 e. The van der Waals surface area contributed by atoms with Crippen LogP contribution >= 0.6 is 0 Å². The van der Waals surface area contributed by atoms with Crippen LogP contribution in [0.1, 0.15) is 41.6 Å². The molecule has 1 saturated heterocycles. The summed E-state index contributed by atoms with van der Waals surface area (Å²) in [6.45, 7) is 1.26. The Balaban J connectivity index is 1.91. The van der Waals surface area contributed by atoms with E-state index in [-0.39, 0.29) is 24.3 Å². The Hall–Kier alpha value is -2.37. The highest BCUT2D eigenvalue weighted by Gasteiger charge is 2.21. The van der Waals surface area contributed by atoms with E-state index in [4.69, 9.17) is 0 Å². The number of likely N-dealkylation sites (tertiary alicyclic amines) is 1. The first-order valence-corrected chi connectivity index (χ1v) is 8.34. The van der Waals surface area contributed by atoms with Crippen LogP contribution in [0.4, 0.5) is 0 Å². The van der Waals surface area contributed by atoms with Crippen molar-refractivity contribution in [2.24, 2.45) is 0 Å². The van der Waals surface area contributed by atoms with E-state index in [1.165, 1.54) is 0 Å². The van der Waals surface area contributed by atoms with Gasteiger partial charge in [0.1, 0.15) is 0 Å². The van der Waals surface area contributed by atoms with Crippen LogP contribution in [-0.2, 0) is 16.1 Å². The van der Waals surface area contributed by atoms with Crippen LogP contribution in [0.5, 0.6) is 0 Å². The maximum Gasteiger partial charge on any atom is 0.251 e. The second kappa shape index (κ2) is 8.47. The fourth-order valence-electron chi connectivity index (χ4n) is 2.76. The molecule has 1 aliphatic rings. The van der Waals surface area contributed by atoms with Crippen molar-refractivity contribution in [2.75, 3.05) is 27.2 Å². The van der Waals surface area contributed by atoms with Gasteiger partial charge in [0.25, 0.3) is 5.91 Å². The Labute approximate surface area is 142 Å². The quantitative estimate of drug-likeness (QED) is 0.887. The number of carbonyl (C=O) groups excluding carboxylic acids is 3. The predicted octanol–water partition coefficient (Wildman–Crippen LogP) is 1.41. The molecule has 0 spiro atoms. The molecule has 0 aromatic heterocycles. The van der Waals surface area contributed by atoms with E-state index >= 15 is 0 Å². The number of nitrogens with zero attached hydrogens (tertiary/aromatic N) is 2. The first-order valence-electron chi connectivity index (χ1n) is 8.34. The molecule has 130 valence electrons. The van der Waals surface area contributed by atoms with Gasteiger partial charge in [-0.25, -0.2) is 0 Å². The van der Waals surface area contributed by atoms with Gasteiger partial charge in [0, 0.05) is 39.2 Å². The van der Waals surface area contributed by atoms with Gasteiger partial charge in [0.15, 0.2) is 0 Å². The molecule has 0 unspecified atom stereocenters. The molecule has 1 fully saturated rings. The molecule has 6 nitrogen and oxygen atoms in total. The molecular formula is C18H25N3O3. The maximum atomic E-state index is 12.4. The van der Waals surface area contributed by atoms with Gasteiger partial charge in [0.05, 0.1) is 6.54 Å². The largest absolute Gasteiger partial charge is 0.355 e. The topological polar surface area (TPSA) is 69.7 Å². The average Bonchev–Trinajstić information content (AvgIpc) is 2.79. The van der Waals surface area contributed by atoms with Crippen LogP contribution in [0.25, 0.3) is 0 Å². The van der Waals surface area contributed by atoms with E-state index in [0.717, 1.165) is 24.8 Å². The molecular weight excluding hydrogens is 306 g/mol. The summed E-state index contributed by atoms with van der Waals surface area (Å²) in [4.78, 5) is 39.1. The SMILES string of the molecule is CNC(=O)c1ccc(CN(C)C(=O)CN2CCCCCC2=O)cc1. The van der Waals surface area contributed by atoms with E-state index in [9.17, 15) is 14.4 Å². The lowest BCUT2D eigenvalue weighted by Gasteiger charge is -2.24. The Bertz CT molecular complexity index is 598. The van der Waals surface area contributed by atoms with Crippen molar-refractivity contribution in [3.8, 4) is 0 Å². The van der Waals surface area contributed by atoms with E-state index < -0.39 is 0 Å². The second-order valence-electron chi connectivity index (χ2n) is 6.15. The van der Waals surface area contributed by atoms with Crippen molar-refractivity contribution >= 4 is 17.7 Å². The normalized spacial score (nSPS) is 14.9. The maximum absolute atomic E-state index is 12.4. The van der Waals surface area contributed by atoms with Crippen molar-refractivity contribution in [1.29, 1.82) is 0 Å². The lowest BCUT2D eigenvalue weighted by Crippen LogP contribution is -2.41. The first kappa shape index (κ1) is 18.0. The summed E-state index contributed by atoms with van der Waals surface area (Å²) in [6, 6.07) is 7.16. The highest BCUT2D eigenvalue weighted by atomic mass is 16.2. The average molecular weight is 331 g/mol. The number of nitrogens with one attached hydrogen (secondary N) is 1. The monoisotopic (exact) mass is 331 g/mol. The molecule has 2 rings (SSSR count). The minimum atomic E-state index is -0.134. The van der Waals surface area contributed by atoms with Crippen molar-refractivity contribution in [3.63, 3.8) is 0 Å². The van der Waals surface area contributed by atoms with Crippen LogP contribution in [0.2, 0.25) is 0 Å². The van der Waals surface area contributed by atoms with Gasteiger partial charge >= 0.3 is 0 Å². The number of benzene rings is 1. The van der Waals surface area contributed by atoms with Gasteiger partial charge in [-0.05, 0) is 30.5 Å². The van der Waals surface area contributed by atoms with Crippen LogP contribution in [0.15, 0.2) is 24.3 Å². The summed E-state index contributed by atoms with van der Waals surface area (Å²) < 4.78 is 0. The molecule has 6 heteroatoms. The molecule has 0 radical (unpaired) electrons. The van der Waals surface area contributed by atoms with Crippen LogP contribution < -0.4 is 5.32 Å². The zero-order valence-corrected chi connectivity index (χ0v) is 14.4. The van der Waals surface area contributed by atoms with E-state index in [1.807, 2.05) is 12.1 Å². The van der Waals surface area contributed by atoms with Crippen molar-refractivity contribution in [2.45, 2.75) is 32.2 Å². The Morgan fingerprint density at radius 1 is 1.17 bits per heavy atom. The minimum Gasteiger partial charge on any atom is -0.355 e. The standard InChI is InChI=1S/C18H25N3O3/c1-19-18(24)15-9-7-14(8-10-15)12-20(2)17(23)13-21-11-5-3-4-6-16(21)22/h7-10H,3-6,11-13H2,1-2H3,(H,19,24). The molecule has 1 N–H and O–H groups in total. The zero-order valence-electron chi connectivity index (χ0n) is 14.4. The van der Waals surface area contributed by atoms with Crippen molar-refractivity contribution < 1.29 is 14.4 Å². The molecule has 1 aromatic carbocycles. The zero-order chi connectivity index (χ0) is 17.5. The molecule has 1 aromatic rings. The van der Waals surface area contributed by atoms with E-state index in [1.54, 1.807) is 36.0 Å². The molecule has 24 heavy (non-hydrogen) atoms. The second-order valence-corrected chi connectivity index (χ2v) is 6.15. The third-order valence-electron chi connectivity index (χ3n) is 4.29. The van der Waals surface area contributed by atoms with Crippen molar-refractivity contribution in [3.05, 3.63) is 35.4 Å². The van der Waals surface area contributed by atoms with Crippen LogP contribution in [0.3, 0.4) is 0 Å². The summed E-state index contributed by atoms with van der Waals surface area (Å²) in [5.74, 6) is -0.129.